The van der Waals surface area contributed by atoms with Crippen molar-refractivity contribution in [2.45, 2.75) is 75.9 Å². The van der Waals surface area contributed by atoms with E-state index in [1.807, 2.05) is 42.5 Å². The standard InChI is InChI=1S/C33H41N5O8/c1-2-29(41)36-24(13-15-30(42)43)33(46)38-16-6-5-9-26(38)32(45)37-25(27(39)19-23(31(35)44)12-14-28(34)40)18-20-10-11-21-7-3-4-8-22(21)17-20/h2-4,7-8,10-11,17,23-26H,1,5-6,9,12-16,18-19H2,(H2,34,40)(H2,35,44)(H,36,41)(H,37,45)(H,42,43)/t23-,24-,25+,26+/m1/s1. The van der Waals surface area contributed by atoms with Gasteiger partial charge in [-0.1, -0.05) is 49.0 Å². The molecule has 1 saturated heterocycles. The Labute approximate surface area is 266 Å². The summed E-state index contributed by atoms with van der Waals surface area (Å²) in [4.78, 5) is 89.2. The van der Waals surface area contributed by atoms with Crippen LogP contribution >= 0.6 is 0 Å². The number of ketones is 1. The second kappa shape index (κ2) is 16.8. The molecule has 1 heterocycles. The van der Waals surface area contributed by atoms with E-state index in [0.717, 1.165) is 22.4 Å². The number of carbonyl (C=O) groups excluding carboxylic acids is 6. The molecule has 1 aliphatic heterocycles. The number of rotatable bonds is 17. The molecule has 1 aliphatic rings. The van der Waals surface area contributed by atoms with Gasteiger partial charge in [0.1, 0.15) is 12.1 Å². The molecule has 0 aliphatic carbocycles. The lowest BCUT2D eigenvalue weighted by Crippen LogP contribution is -2.59. The molecule has 0 spiro atoms. The van der Waals surface area contributed by atoms with Crippen LogP contribution in [0.1, 0.15) is 56.9 Å². The van der Waals surface area contributed by atoms with Crippen molar-refractivity contribution < 1.29 is 38.7 Å². The fourth-order valence-corrected chi connectivity index (χ4v) is 5.59. The van der Waals surface area contributed by atoms with Gasteiger partial charge in [-0.25, -0.2) is 0 Å². The highest BCUT2D eigenvalue weighted by molar-refractivity contribution is 5.97. The van der Waals surface area contributed by atoms with Crippen LogP contribution in [0.15, 0.2) is 55.1 Å². The minimum absolute atomic E-state index is 0.0217. The van der Waals surface area contributed by atoms with Gasteiger partial charge in [-0.05, 0) is 60.9 Å². The number of carboxylic acids is 1. The van der Waals surface area contributed by atoms with Crippen LogP contribution in [-0.4, -0.2) is 76.0 Å². The summed E-state index contributed by atoms with van der Waals surface area (Å²) in [5.41, 5.74) is 11.5. The van der Waals surface area contributed by atoms with Crippen LogP contribution < -0.4 is 22.1 Å². The van der Waals surface area contributed by atoms with Crippen LogP contribution in [0.4, 0.5) is 0 Å². The van der Waals surface area contributed by atoms with Crippen LogP contribution in [-0.2, 0) is 40.0 Å². The van der Waals surface area contributed by atoms with E-state index in [-0.39, 0.29) is 45.1 Å². The number of fused-ring (bicyclic) bond motifs is 1. The zero-order valence-corrected chi connectivity index (χ0v) is 25.6. The Balaban J connectivity index is 1.88. The third kappa shape index (κ3) is 10.2. The van der Waals surface area contributed by atoms with Gasteiger partial charge in [-0.2, -0.15) is 0 Å². The first-order valence-corrected chi connectivity index (χ1v) is 15.2. The molecule has 7 N–H and O–H groups in total. The van der Waals surface area contributed by atoms with Gasteiger partial charge in [-0.15, -0.1) is 0 Å². The molecule has 0 bridgehead atoms. The fraction of sp³-hybridized carbons (Fsp3) is 0.424. The predicted octanol–water partition coefficient (Wildman–Crippen LogP) is 1.11. The second-order valence-electron chi connectivity index (χ2n) is 11.5. The van der Waals surface area contributed by atoms with Crippen molar-refractivity contribution in [2.24, 2.45) is 17.4 Å². The number of Topliss-reactive ketones (excluding diaryl/α,β-unsaturated/α-hetero) is 1. The van der Waals surface area contributed by atoms with E-state index < -0.39 is 71.8 Å². The Kier molecular flexibility index (Phi) is 13.0. The average molecular weight is 636 g/mol. The molecule has 0 radical (unpaired) electrons. The summed E-state index contributed by atoms with van der Waals surface area (Å²) in [6.45, 7) is 3.56. The first-order valence-electron chi connectivity index (χ1n) is 15.2. The number of hydrogen-bond donors (Lipinski definition) is 5. The van der Waals surface area contributed by atoms with E-state index in [1.165, 1.54) is 4.90 Å². The Morgan fingerprint density at radius 2 is 1.65 bits per heavy atom. The monoisotopic (exact) mass is 635 g/mol. The van der Waals surface area contributed by atoms with Crippen LogP contribution in [0.2, 0.25) is 0 Å². The molecule has 4 atom stereocenters. The summed E-state index contributed by atoms with van der Waals surface area (Å²) in [5.74, 6) is -5.92. The number of carbonyl (C=O) groups is 7. The number of carboxylic acid groups (broad SMARTS) is 1. The van der Waals surface area contributed by atoms with Crippen LogP contribution in [0.3, 0.4) is 0 Å². The number of nitrogens with one attached hydrogen (secondary N) is 2. The number of primary amides is 2. The smallest absolute Gasteiger partial charge is 0.303 e. The quantitative estimate of drug-likeness (QED) is 0.158. The lowest BCUT2D eigenvalue weighted by molar-refractivity contribution is -0.146. The first-order chi connectivity index (χ1) is 21.9. The summed E-state index contributed by atoms with van der Waals surface area (Å²) >= 11 is 0. The van der Waals surface area contributed by atoms with E-state index in [1.54, 1.807) is 0 Å². The fourth-order valence-electron chi connectivity index (χ4n) is 5.59. The van der Waals surface area contributed by atoms with Gasteiger partial charge >= 0.3 is 5.97 Å². The summed E-state index contributed by atoms with van der Waals surface area (Å²) < 4.78 is 0. The van der Waals surface area contributed by atoms with E-state index >= 15 is 0 Å². The molecule has 46 heavy (non-hydrogen) atoms. The number of aliphatic carboxylic acids is 1. The SMILES string of the molecule is C=CC(=O)N[C@H](CCC(=O)O)C(=O)N1CCCC[C@H]1C(=O)N[C@@H](Cc1ccc2ccccc2c1)C(=O)C[C@@H](CCC(N)=O)C(N)=O. The highest BCUT2D eigenvalue weighted by atomic mass is 16.4. The Bertz CT molecular complexity index is 1490. The molecule has 0 saturated carbocycles. The predicted molar refractivity (Wildman–Crippen MR) is 169 cm³/mol. The lowest BCUT2D eigenvalue weighted by Gasteiger charge is -2.37. The van der Waals surface area contributed by atoms with Crippen LogP contribution in [0, 0.1) is 5.92 Å². The number of nitrogens with zero attached hydrogens (tertiary/aromatic N) is 1. The van der Waals surface area contributed by atoms with Crippen molar-refractivity contribution in [3.8, 4) is 0 Å². The maximum absolute atomic E-state index is 13.8. The van der Waals surface area contributed by atoms with Gasteiger partial charge < -0.3 is 32.1 Å². The highest BCUT2D eigenvalue weighted by Crippen LogP contribution is 2.22. The van der Waals surface area contributed by atoms with Crippen molar-refractivity contribution in [3.05, 3.63) is 60.7 Å². The molecule has 13 heteroatoms. The number of nitrogens with two attached hydrogens (primary N) is 2. The summed E-state index contributed by atoms with van der Waals surface area (Å²) in [6, 6.07) is 9.95. The highest BCUT2D eigenvalue weighted by Gasteiger charge is 2.38. The molecule has 2 aromatic carbocycles. The molecular formula is C33H41N5O8. The minimum Gasteiger partial charge on any atom is -0.481 e. The largest absolute Gasteiger partial charge is 0.481 e. The minimum atomic E-state index is -1.20. The summed E-state index contributed by atoms with van der Waals surface area (Å²) in [7, 11) is 0. The van der Waals surface area contributed by atoms with Gasteiger partial charge in [0.05, 0.1) is 6.04 Å². The number of hydrogen-bond acceptors (Lipinski definition) is 7. The second-order valence-corrected chi connectivity index (χ2v) is 11.5. The first kappa shape index (κ1) is 35.4. The number of amides is 5. The number of likely N-dealkylation sites (tertiary alicyclic amines) is 1. The van der Waals surface area contributed by atoms with Gasteiger partial charge in [0.15, 0.2) is 5.78 Å². The van der Waals surface area contributed by atoms with Gasteiger partial charge in [0, 0.05) is 31.7 Å². The Morgan fingerprint density at radius 1 is 0.935 bits per heavy atom. The van der Waals surface area contributed by atoms with Gasteiger partial charge in [-0.3, -0.25) is 33.6 Å². The van der Waals surface area contributed by atoms with Crippen LogP contribution in [0.25, 0.3) is 10.8 Å². The normalized spacial score (nSPS) is 16.4. The van der Waals surface area contributed by atoms with E-state index in [2.05, 4.69) is 17.2 Å². The molecule has 5 amide bonds. The number of piperidine rings is 1. The molecule has 246 valence electrons. The molecule has 0 aromatic heterocycles. The number of benzene rings is 2. The van der Waals surface area contributed by atoms with Crippen LogP contribution in [0.5, 0.6) is 0 Å². The zero-order valence-electron chi connectivity index (χ0n) is 25.6. The van der Waals surface area contributed by atoms with E-state index in [0.29, 0.717) is 12.8 Å². The molecular weight excluding hydrogens is 594 g/mol. The third-order valence-corrected chi connectivity index (χ3v) is 8.08. The van der Waals surface area contributed by atoms with Crippen molar-refractivity contribution in [2.75, 3.05) is 6.54 Å². The molecule has 0 unspecified atom stereocenters. The van der Waals surface area contributed by atoms with Crippen molar-refractivity contribution in [1.82, 2.24) is 15.5 Å². The maximum Gasteiger partial charge on any atom is 0.303 e. The van der Waals surface area contributed by atoms with Crippen molar-refractivity contribution in [3.63, 3.8) is 0 Å². The Hall–Kier alpha value is -5.07. The maximum atomic E-state index is 13.8. The molecule has 1 fully saturated rings. The van der Waals surface area contributed by atoms with E-state index in [9.17, 15) is 33.6 Å². The van der Waals surface area contributed by atoms with Gasteiger partial charge in [0.2, 0.25) is 29.5 Å². The van der Waals surface area contributed by atoms with Gasteiger partial charge in [0.25, 0.3) is 0 Å². The molecule has 13 nitrogen and oxygen atoms in total. The summed E-state index contributed by atoms with van der Waals surface area (Å²) in [6.07, 6.45) is 1.42. The third-order valence-electron chi connectivity index (χ3n) is 8.08. The van der Waals surface area contributed by atoms with Crippen molar-refractivity contribution >= 4 is 52.1 Å². The molecule has 3 rings (SSSR count). The summed E-state index contributed by atoms with van der Waals surface area (Å²) in [5, 5.41) is 16.3. The lowest BCUT2D eigenvalue weighted by atomic mass is 9.90. The molecule has 2 aromatic rings. The average Bonchev–Trinajstić information content (AvgIpc) is 3.03. The van der Waals surface area contributed by atoms with Crippen molar-refractivity contribution in [1.29, 1.82) is 0 Å². The topological polar surface area (TPSA) is 219 Å². The zero-order chi connectivity index (χ0) is 33.8. The Morgan fingerprint density at radius 3 is 2.30 bits per heavy atom. The van der Waals surface area contributed by atoms with E-state index in [4.69, 9.17) is 16.6 Å².